The average molecular weight is 394 g/mol. The number of nitrogens with zero attached hydrogens (tertiary/aromatic N) is 2. The van der Waals surface area contributed by atoms with Crippen LogP contribution in [0.5, 0.6) is 0 Å². The molecule has 0 amide bonds. The van der Waals surface area contributed by atoms with Gasteiger partial charge in [-0.25, -0.2) is 0 Å². The second-order valence-electron chi connectivity index (χ2n) is 6.79. The summed E-state index contributed by atoms with van der Waals surface area (Å²) in [5.41, 5.74) is 4.69. The van der Waals surface area contributed by atoms with Gasteiger partial charge in [0.05, 0.1) is 12.2 Å². The maximum absolute atomic E-state index is 5.92. The molecular formula is C24H28ClN3. The number of nitrogens with one attached hydrogen (secondary N) is 1. The molecule has 0 spiro atoms. The molecule has 3 rings (SSSR count). The fourth-order valence-electron chi connectivity index (χ4n) is 3.42. The van der Waals surface area contributed by atoms with Gasteiger partial charge in [-0.3, -0.25) is 4.90 Å². The molecule has 0 fully saturated rings. The minimum absolute atomic E-state index is 0.597. The summed E-state index contributed by atoms with van der Waals surface area (Å²) in [5.74, 6) is 6.57. The van der Waals surface area contributed by atoms with Crippen molar-refractivity contribution in [2.75, 3.05) is 25.0 Å². The minimum atomic E-state index is 0.597. The van der Waals surface area contributed by atoms with Crippen molar-refractivity contribution in [2.24, 2.45) is 0 Å². The van der Waals surface area contributed by atoms with Crippen molar-refractivity contribution >= 4 is 28.2 Å². The standard InChI is InChI=1S/C24H28ClN3/c1-4-27(5-2)18-19-9-14-24-20(16-19)17-23(28(24)6-3)8-7-15-26-22-12-10-21(25)11-13-22/h9-14,16-17,26H,4-6,15,18H2,1-3H3. The molecule has 0 saturated heterocycles. The highest BCUT2D eigenvalue weighted by Gasteiger charge is 2.08. The zero-order valence-electron chi connectivity index (χ0n) is 16.9. The molecule has 0 aliphatic rings. The largest absolute Gasteiger partial charge is 0.374 e. The van der Waals surface area contributed by atoms with E-state index in [0.717, 1.165) is 42.6 Å². The van der Waals surface area contributed by atoms with Crippen LogP contribution >= 0.6 is 11.6 Å². The molecule has 1 aromatic heterocycles. The first-order valence-electron chi connectivity index (χ1n) is 9.97. The van der Waals surface area contributed by atoms with E-state index in [1.165, 1.54) is 16.5 Å². The lowest BCUT2D eigenvalue weighted by Gasteiger charge is -2.18. The van der Waals surface area contributed by atoms with E-state index in [4.69, 9.17) is 11.6 Å². The number of halogens is 1. The summed E-state index contributed by atoms with van der Waals surface area (Å²) in [6.45, 7) is 11.2. The molecule has 1 N–H and O–H groups in total. The lowest BCUT2D eigenvalue weighted by Crippen LogP contribution is -2.21. The zero-order valence-corrected chi connectivity index (χ0v) is 17.7. The summed E-state index contributed by atoms with van der Waals surface area (Å²) >= 11 is 5.92. The molecule has 0 saturated carbocycles. The summed E-state index contributed by atoms with van der Waals surface area (Å²) < 4.78 is 2.28. The Kier molecular flexibility index (Phi) is 7.03. The van der Waals surface area contributed by atoms with Gasteiger partial charge in [-0.2, -0.15) is 0 Å². The Hall–Kier alpha value is -2.41. The fraction of sp³-hybridized carbons (Fsp3) is 0.333. The van der Waals surface area contributed by atoms with Gasteiger partial charge in [0.2, 0.25) is 0 Å². The van der Waals surface area contributed by atoms with Crippen LogP contribution in [0.2, 0.25) is 5.02 Å². The van der Waals surface area contributed by atoms with Gasteiger partial charge in [0.15, 0.2) is 0 Å². The van der Waals surface area contributed by atoms with Gasteiger partial charge < -0.3 is 9.88 Å². The smallest absolute Gasteiger partial charge is 0.0931 e. The number of aryl methyl sites for hydroxylation is 1. The van der Waals surface area contributed by atoms with E-state index in [9.17, 15) is 0 Å². The van der Waals surface area contributed by atoms with Crippen LogP contribution in [0.1, 0.15) is 32.0 Å². The summed E-state index contributed by atoms with van der Waals surface area (Å²) in [7, 11) is 0. The number of hydrogen-bond donors (Lipinski definition) is 1. The molecule has 3 aromatic rings. The highest BCUT2D eigenvalue weighted by atomic mass is 35.5. The molecule has 0 unspecified atom stereocenters. The Bertz CT molecular complexity index is 973. The second-order valence-corrected chi connectivity index (χ2v) is 7.23. The van der Waals surface area contributed by atoms with E-state index in [0.29, 0.717) is 6.54 Å². The van der Waals surface area contributed by atoms with Crippen molar-refractivity contribution in [1.82, 2.24) is 9.47 Å². The normalized spacial score (nSPS) is 10.9. The monoisotopic (exact) mass is 393 g/mol. The van der Waals surface area contributed by atoms with Crippen molar-refractivity contribution in [3.8, 4) is 11.8 Å². The Morgan fingerprint density at radius 3 is 2.43 bits per heavy atom. The minimum Gasteiger partial charge on any atom is -0.374 e. The molecule has 4 heteroatoms. The van der Waals surface area contributed by atoms with E-state index < -0.39 is 0 Å². The van der Waals surface area contributed by atoms with Crippen LogP contribution in [0.3, 0.4) is 0 Å². The number of benzene rings is 2. The van der Waals surface area contributed by atoms with Crippen LogP contribution < -0.4 is 5.32 Å². The highest BCUT2D eigenvalue weighted by molar-refractivity contribution is 6.30. The predicted octanol–water partition coefficient (Wildman–Crippen LogP) is 5.62. The number of fused-ring (bicyclic) bond motifs is 1. The van der Waals surface area contributed by atoms with Crippen molar-refractivity contribution in [2.45, 2.75) is 33.9 Å². The van der Waals surface area contributed by atoms with E-state index in [-0.39, 0.29) is 0 Å². The van der Waals surface area contributed by atoms with Crippen LogP contribution in [-0.4, -0.2) is 29.1 Å². The van der Waals surface area contributed by atoms with Gasteiger partial charge in [-0.1, -0.05) is 37.4 Å². The van der Waals surface area contributed by atoms with Crippen molar-refractivity contribution in [3.05, 3.63) is 64.8 Å². The predicted molar refractivity (Wildman–Crippen MR) is 121 cm³/mol. The second kappa shape index (κ2) is 9.68. The van der Waals surface area contributed by atoms with Crippen molar-refractivity contribution in [1.29, 1.82) is 0 Å². The SMILES string of the molecule is CCN(CC)Cc1ccc2c(c1)cc(C#CCNc1ccc(Cl)cc1)n2CC. The van der Waals surface area contributed by atoms with Crippen LogP contribution in [-0.2, 0) is 13.1 Å². The Morgan fingerprint density at radius 2 is 1.75 bits per heavy atom. The topological polar surface area (TPSA) is 20.2 Å². The third kappa shape index (κ3) is 4.90. The van der Waals surface area contributed by atoms with Gasteiger partial charge in [-0.05, 0) is 74.0 Å². The molecule has 0 atom stereocenters. The molecule has 28 heavy (non-hydrogen) atoms. The molecule has 146 valence electrons. The van der Waals surface area contributed by atoms with E-state index >= 15 is 0 Å². The average Bonchev–Trinajstić information content (AvgIpc) is 3.07. The lowest BCUT2D eigenvalue weighted by atomic mass is 10.1. The number of rotatable bonds is 7. The third-order valence-electron chi connectivity index (χ3n) is 5.02. The van der Waals surface area contributed by atoms with Crippen LogP contribution in [0, 0.1) is 11.8 Å². The Morgan fingerprint density at radius 1 is 1.00 bits per heavy atom. The van der Waals surface area contributed by atoms with Crippen molar-refractivity contribution < 1.29 is 0 Å². The number of anilines is 1. The molecule has 0 aliphatic carbocycles. The lowest BCUT2D eigenvalue weighted by molar-refractivity contribution is 0.296. The van der Waals surface area contributed by atoms with Crippen LogP contribution in [0.25, 0.3) is 10.9 Å². The third-order valence-corrected chi connectivity index (χ3v) is 5.28. The van der Waals surface area contributed by atoms with E-state index in [1.807, 2.05) is 24.3 Å². The van der Waals surface area contributed by atoms with Gasteiger partial charge in [0, 0.05) is 34.7 Å². The summed E-state index contributed by atoms with van der Waals surface area (Å²) in [6.07, 6.45) is 0. The van der Waals surface area contributed by atoms with Gasteiger partial charge in [-0.15, -0.1) is 0 Å². The Balaban J connectivity index is 1.76. The summed E-state index contributed by atoms with van der Waals surface area (Å²) in [5, 5.41) is 5.32. The summed E-state index contributed by atoms with van der Waals surface area (Å²) in [6, 6.07) is 16.7. The quantitative estimate of drug-likeness (QED) is 0.525. The molecule has 2 aromatic carbocycles. The Labute approximate surface area is 173 Å². The zero-order chi connectivity index (χ0) is 19.9. The number of aromatic nitrogens is 1. The van der Waals surface area contributed by atoms with Gasteiger partial charge >= 0.3 is 0 Å². The number of hydrogen-bond acceptors (Lipinski definition) is 2. The van der Waals surface area contributed by atoms with Crippen LogP contribution in [0.4, 0.5) is 5.69 Å². The maximum atomic E-state index is 5.92. The van der Waals surface area contributed by atoms with Gasteiger partial charge in [0.1, 0.15) is 0 Å². The first kappa shape index (κ1) is 20.3. The van der Waals surface area contributed by atoms with Gasteiger partial charge in [0.25, 0.3) is 0 Å². The molecule has 0 aliphatic heterocycles. The molecule has 3 nitrogen and oxygen atoms in total. The summed E-state index contributed by atoms with van der Waals surface area (Å²) in [4.78, 5) is 2.43. The van der Waals surface area contributed by atoms with E-state index in [2.05, 4.69) is 71.7 Å². The molecular weight excluding hydrogens is 366 g/mol. The van der Waals surface area contributed by atoms with Crippen LogP contribution in [0.15, 0.2) is 48.5 Å². The molecule has 0 bridgehead atoms. The first-order chi connectivity index (χ1) is 13.6. The fourth-order valence-corrected chi connectivity index (χ4v) is 3.54. The first-order valence-corrected chi connectivity index (χ1v) is 10.3. The highest BCUT2D eigenvalue weighted by Crippen LogP contribution is 2.22. The van der Waals surface area contributed by atoms with Crippen molar-refractivity contribution in [3.63, 3.8) is 0 Å². The molecule has 1 heterocycles. The maximum Gasteiger partial charge on any atom is 0.0931 e. The molecule has 0 radical (unpaired) electrons. The van der Waals surface area contributed by atoms with E-state index in [1.54, 1.807) is 0 Å².